The van der Waals surface area contributed by atoms with E-state index in [0.717, 1.165) is 0 Å². The number of aliphatic carboxylic acids is 2. The Morgan fingerprint density at radius 1 is 1.15 bits per heavy atom. The van der Waals surface area contributed by atoms with E-state index in [1.54, 1.807) is 18.2 Å². The molecule has 0 spiro atoms. The highest BCUT2D eigenvalue weighted by Gasteiger charge is 2.27. The number of ether oxygens (including phenoxy) is 1. The predicted molar refractivity (Wildman–Crippen MR) is 67.8 cm³/mol. The molecule has 1 aromatic rings. The largest absolute Gasteiger partial charge is 0.481 e. The average Bonchev–Trinajstić information content (AvgIpc) is 2.42. The molecule has 0 aliphatic rings. The number of carboxylic acids is 2. The maximum absolute atomic E-state index is 11.6. The molecule has 0 bridgehead atoms. The molecule has 108 valence electrons. The molecule has 0 heterocycles. The Balaban J connectivity index is 2.69. The molecule has 0 aromatic heterocycles. The number of rotatable bonds is 7. The Morgan fingerprint density at radius 3 is 2.25 bits per heavy atom. The van der Waals surface area contributed by atoms with Crippen molar-refractivity contribution in [3.63, 3.8) is 0 Å². The molecule has 0 fully saturated rings. The van der Waals surface area contributed by atoms with E-state index in [4.69, 9.17) is 20.7 Å². The fourth-order valence-corrected chi connectivity index (χ4v) is 1.49. The van der Waals surface area contributed by atoms with Crippen LogP contribution in [0.1, 0.15) is 24.5 Å². The first-order valence-corrected chi connectivity index (χ1v) is 5.87. The smallest absolute Gasteiger partial charge is 0.349 e. The second-order valence-electron chi connectivity index (χ2n) is 4.10. The number of nitrogens with two attached hydrogens (primary N) is 1. The zero-order valence-corrected chi connectivity index (χ0v) is 10.6. The summed E-state index contributed by atoms with van der Waals surface area (Å²) in [6, 6.07) is 6.77. The van der Waals surface area contributed by atoms with Crippen LogP contribution in [-0.2, 0) is 19.1 Å². The maximum atomic E-state index is 11.6. The monoisotopic (exact) mass is 281 g/mol. The van der Waals surface area contributed by atoms with Crippen molar-refractivity contribution in [3.05, 3.63) is 35.9 Å². The lowest BCUT2D eigenvalue weighted by Gasteiger charge is -2.16. The number of benzene rings is 1. The van der Waals surface area contributed by atoms with Gasteiger partial charge in [0.15, 0.2) is 0 Å². The van der Waals surface area contributed by atoms with Gasteiger partial charge in [0, 0.05) is 12.0 Å². The van der Waals surface area contributed by atoms with E-state index >= 15 is 0 Å². The molecule has 0 aliphatic carbocycles. The van der Waals surface area contributed by atoms with Crippen molar-refractivity contribution in [3.8, 4) is 0 Å². The summed E-state index contributed by atoms with van der Waals surface area (Å²) in [5.74, 6) is -3.36. The summed E-state index contributed by atoms with van der Waals surface area (Å²) in [7, 11) is 0. The van der Waals surface area contributed by atoms with Gasteiger partial charge >= 0.3 is 17.9 Å². The summed E-state index contributed by atoms with van der Waals surface area (Å²) in [6.07, 6.45) is -1.87. The number of carbonyl (C=O) groups excluding carboxylic acids is 1. The Labute approximate surface area is 115 Å². The minimum Gasteiger partial charge on any atom is -0.481 e. The topological polar surface area (TPSA) is 127 Å². The second-order valence-corrected chi connectivity index (χ2v) is 4.10. The number of hydrogen-bond acceptors (Lipinski definition) is 5. The van der Waals surface area contributed by atoms with Gasteiger partial charge in [-0.3, -0.25) is 9.59 Å². The molecule has 7 nitrogen and oxygen atoms in total. The summed E-state index contributed by atoms with van der Waals surface area (Å²) in [4.78, 5) is 33.1. The summed E-state index contributed by atoms with van der Waals surface area (Å²) in [5, 5.41) is 17.6. The van der Waals surface area contributed by atoms with Crippen LogP contribution in [0.25, 0.3) is 0 Å². The third kappa shape index (κ3) is 4.69. The average molecular weight is 281 g/mol. The molecular formula is C13H15NO6. The first-order valence-electron chi connectivity index (χ1n) is 5.87. The van der Waals surface area contributed by atoms with Crippen LogP contribution >= 0.6 is 0 Å². The summed E-state index contributed by atoms with van der Waals surface area (Å²) in [5.41, 5.74) is 5.77. The van der Waals surface area contributed by atoms with Crippen molar-refractivity contribution < 1.29 is 29.3 Å². The van der Waals surface area contributed by atoms with E-state index in [1.165, 1.54) is 12.1 Å². The Morgan fingerprint density at radius 2 is 1.75 bits per heavy atom. The van der Waals surface area contributed by atoms with Crippen LogP contribution in [0.15, 0.2) is 30.3 Å². The Kier molecular flexibility index (Phi) is 5.67. The van der Waals surface area contributed by atoms with Crippen LogP contribution in [0.3, 0.4) is 0 Å². The maximum Gasteiger partial charge on any atom is 0.349 e. The van der Waals surface area contributed by atoms with Crippen molar-refractivity contribution in [2.24, 2.45) is 5.73 Å². The molecule has 1 rings (SSSR count). The molecule has 0 amide bonds. The highest BCUT2D eigenvalue weighted by molar-refractivity contribution is 5.82. The Bertz CT molecular complexity index is 487. The van der Waals surface area contributed by atoms with Crippen LogP contribution in [0, 0.1) is 0 Å². The number of hydrogen-bond donors (Lipinski definition) is 3. The number of carboxylic acid groups (broad SMARTS) is 2. The molecule has 0 radical (unpaired) electrons. The minimum absolute atomic E-state index is 0.116. The van der Waals surface area contributed by atoms with Gasteiger partial charge in [0.25, 0.3) is 0 Å². The van der Waals surface area contributed by atoms with Gasteiger partial charge in [-0.05, 0) is 6.42 Å². The molecule has 0 unspecified atom stereocenters. The SMILES string of the molecule is N[C@@H](CCC(=O)O)C(=O)O[C@@H](C(=O)O)c1ccccc1. The van der Waals surface area contributed by atoms with Gasteiger partial charge in [-0.1, -0.05) is 30.3 Å². The number of carbonyl (C=O) groups is 3. The third-order valence-corrected chi connectivity index (χ3v) is 2.53. The van der Waals surface area contributed by atoms with Crippen LogP contribution in [-0.4, -0.2) is 34.2 Å². The van der Waals surface area contributed by atoms with E-state index in [0.29, 0.717) is 5.56 Å². The second kappa shape index (κ2) is 7.25. The molecule has 0 saturated heterocycles. The van der Waals surface area contributed by atoms with Crippen molar-refractivity contribution in [1.82, 2.24) is 0 Å². The van der Waals surface area contributed by atoms with Crippen LogP contribution in [0.2, 0.25) is 0 Å². The van der Waals surface area contributed by atoms with Crippen molar-refractivity contribution in [2.45, 2.75) is 25.0 Å². The minimum atomic E-state index is -1.46. The molecule has 2 atom stereocenters. The standard InChI is InChI=1S/C13H15NO6/c14-9(6-7-10(15)16)13(19)20-11(12(17)18)8-4-2-1-3-5-8/h1-5,9,11H,6-7,14H2,(H,15,16)(H,17,18)/t9-,11+/m0/s1. The fraction of sp³-hybridized carbons (Fsp3) is 0.308. The first kappa shape index (κ1) is 15.6. The van der Waals surface area contributed by atoms with E-state index in [9.17, 15) is 14.4 Å². The molecule has 0 aliphatic heterocycles. The Hall–Kier alpha value is -2.41. The predicted octanol–water partition coefficient (Wildman–Crippen LogP) is 0.548. The normalized spacial score (nSPS) is 13.2. The molecular weight excluding hydrogens is 266 g/mol. The van der Waals surface area contributed by atoms with Gasteiger partial charge in [0.2, 0.25) is 6.10 Å². The van der Waals surface area contributed by atoms with Gasteiger partial charge in [-0.15, -0.1) is 0 Å². The highest BCUT2D eigenvalue weighted by Crippen LogP contribution is 2.18. The molecule has 0 saturated carbocycles. The quantitative estimate of drug-likeness (QED) is 0.622. The van der Waals surface area contributed by atoms with Gasteiger partial charge in [0.1, 0.15) is 6.04 Å². The van der Waals surface area contributed by atoms with E-state index in [1.807, 2.05) is 0 Å². The van der Waals surface area contributed by atoms with Gasteiger partial charge in [-0.25, -0.2) is 4.79 Å². The lowest BCUT2D eigenvalue weighted by Crippen LogP contribution is -2.35. The van der Waals surface area contributed by atoms with Crippen LogP contribution in [0.4, 0.5) is 0 Å². The third-order valence-electron chi connectivity index (χ3n) is 2.53. The van der Waals surface area contributed by atoms with E-state index < -0.39 is 30.1 Å². The van der Waals surface area contributed by atoms with Gasteiger partial charge in [0.05, 0.1) is 0 Å². The van der Waals surface area contributed by atoms with Gasteiger partial charge < -0.3 is 20.7 Å². The molecule has 1 aromatic carbocycles. The molecule has 4 N–H and O–H groups in total. The molecule has 7 heteroatoms. The van der Waals surface area contributed by atoms with Crippen LogP contribution < -0.4 is 5.73 Å². The first-order chi connectivity index (χ1) is 9.41. The lowest BCUT2D eigenvalue weighted by molar-refractivity contribution is -0.165. The van der Waals surface area contributed by atoms with Crippen molar-refractivity contribution in [2.75, 3.05) is 0 Å². The zero-order valence-electron chi connectivity index (χ0n) is 10.6. The zero-order chi connectivity index (χ0) is 15.1. The molecule has 20 heavy (non-hydrogen) atoms. The van der Waals surface area contributed by atoms with E-state index in [2.05, 4.69) is 0 Å². The van der Waals surface area contributed by atoms with Crippen LogP contribution in [0.5, 0.6) is 0 Å². The summed E-state index contributed by atoms with van der Waals surface area (Å²) in [6.45, 7) is 0. The van der Waals surface area contributed by atoms with Crippen molar-refractivity contribution in [1.29, 1.82) is 0 Å². The van der Waals surface area contributed by atoms with E-state index in [-0.39, 0.29) is 12.8 Å². The summed E-state index contributed by atoms with van der Waals surface area (Å²) >= 11 is 0. The lowest BCUT2D eigenvalue weighted by atomic mass is 10.1. The van der Waals surface area contributed by atoms with Crippen molar-refractivity contribution >= 4 is 17.9 Å². The summed E-state index contributed by atoms with van der Waals surface area (Å²) < 4.78 is 4.84. The number of esters is 1. The highest BCUT2D eigenvalue weighted by atomic mass is 16.6. The fourth-order valence-electron chi connectivity index (χ4n) is 1.49. The van der Waals surface area contributed by atoms with Gasteiger partial charge in [-0.2, -0.15) is 0 Å².